The van der Waals surface area contributed by atoms with Crippen molar-refractivity contribution < 1.29 is 9.18 Å². The molecule has 0 spiro atoms. The summed E-state index contributed by atoms with van der Waals surface area (Å²) in [5, 5.41) is 7.13. The molecule has 0 bridgehead atoms. The molecule has 1 heterocycles. The Kier molecular flexibility index (Phi) is 5.59. The van der Waals surface area contributed by atoms with Crippen LogP contribution in [0.15, 0.2) is 73.4 Å². The molecule has 3 aromatic rings. The number of benzene rings is 2. The lowest BCUT2D eigenvalue weighted by atomic mass is 10.1. The van der Waals surface area contributed by atoms with Crippen molar-refractivity contribution in [1.29, 1.82) is 0 Å². The molecule has 26 heavy (non-hydrogen) atoms. The number of hydrogen-bond acceptors (Lipinski definition) is 2. The highest BCUT2D eigenvalue weighted by Gasteiger charge is 2.07. The van der Waals surface area contributed by atoms with Gasteiger partial charge < -0.3 is 5.32 Å². The van der Waals surface area contributed by atoms with E-state index in [2.05, 4.69) is 17.0 Å². The lowest BCUT2D eigenvalue weighted by molar-refractivity contribution is -0.115. The molecule has 0 unspecified atom stereocenters. The van der Waals surface area contributed by atoms with Gasteiger partial charge in [-0.2, -0.15) is 5.10 Å². The summed E-state index contributed by atoms with van der Waals surface area (Å²) in [5.41, 5.74) is 3.05. The van der Waals surface area contributed by atoms with Crippen molar-refractivity contribution in [3.8, 4) is 0 Å². The number of rotatable bonds is 7. The van der Waals surface area contributed by atoms with Crippen molar-refractivity contribution in [2.75, 3.05) is 5.32 Å². The summed E-state index contributed by atoms with van der Waals surface area (Å²) in [7, 11) is 0. The number of aromatic nitrogens is 2. The molecule has 2 aromatic carbocycles. The highest BCUT2D eigenvalue weighted by Crippen LogP contribution is 2.10. The molecule has 3 rings (SSSR count). The lowest BCUT2D eigenvalue weighted by Gasteiger charge is -2.04. The Bertz CT molecular complexity index is 882. The zero-order chi connectivity index (χ0) is 18.4. The molecule has 0 aliphatic rings. The SMILES string of the molecule is C=CCc1ccc(CC(=O)Nc2ccn(Cc3ccc(F)cc3)n2)cc1. The molecule has 0 aliphatic heterocycles. The van der Waals surface area contributed by atoms with Gasteiger partial charge in [-0.1, -0.05) is 42.5 Å². The molecule has 4 nitrogen and oxygen atoms in total. The van der Waals surface area contributed by atoms with Crippen molar-refractivity contribution in [2.45, 2.75) is 19.4 Å². The standard InChI is InChI=1S/C21H20FN3O/c1-2-3-16-4-6-17(7-5-16)14-21(26)23-20-12-13-25(24-20)15-18-8-10-19(22)11-9-18/h2,4-13H,1,3,14-15H2,(H,23,24,26). The third-order valence-corrected chi connectivity index (χ3v) is 3.93. The molecule has 5 heteroatoms. The fourth-order valence-electron chi connectivity index (χ4n) is 2.63. The van der Waals surface area contributed by atoms with Crippen LogP contribution in [0.25, 0.3) is 0 Å². The number of allylic oxidation sites excluding steroid dienone is 1. The van der Waals surface area contributed by atoms with Gasteiger partial charge in [-0.3, -0.25) is 9.48 Å². The van der Waals surface area contributed by atoms with E-state index in [4.69, 9.17) is 0 Å². The maximum Gasteiger partial charge on any atom is 0.229 e. The Morgan fingerprint density at radius 2 is 1.69 bits per heavy atom. The van der Waals surface area contributed by atoms with E-state index in [1.807, 2.05) is 30.3 Å². The minimum absolute atomic E-state index is 0.117. The van der Waals surface area contributed by atoms with E-state index in [0.717, 1.165) is 17.5 Å². The average molecular weight is 349 g/mol. The summed E-state index contributed by atoms with van der Waals surface area (Å²) < 4.78 is 14.6. The second kappa shape index (κ2) is 8.25. The van der Waals surface area contributed by atoms with Gasteiger partial charge in [-0.25, -0.2) is 4.39 Å². The van der Waals surface area contributed by atoms with Crippen LogP contribution in [0, 0.1) is 5.82 Å². The van der Waals surface area contributed by atoms with E-state index in [9.17, 15) is 9.18 Å². The van der Waals surface area contributed by atoms with Gasteiger partial charge in [0, 0.05) is 12.3 Å². The predicted molar refractivity (Wildman–Crippen MR) is 100 cm³/mol. The number of nitrogens with zero attached hydrogens (tertiary/aromatic N) is 2. The van der Waals surface area contributed by atoms with Crippen LogP contribution in [0.5, 0.6) is 0 Å². The number of amides is 1. The molecule has 0 saturated carbocycles. The second-order valence-electron chi connectivity index (χ2n) is 6.06. The topological polar surface area (TPSA) is 46.9 Å². The van der Waals surface area contributed by atoms with Gasteiger partial charge in [0.25, 0.3) is 0 Å². The summed E-state index contributed by atoms with van der Waals surface area (Å²) in [6.45, 7) is 4.23. The average Bonchev–Trinajstić information content (AvgIpc) is 3.05. The maximum atomic E-state index is 12.9. The largest absolute Gasteiger partial charge is 0.309 e. The zero-order valence-corrected chi connectivity index (χ0v) is 14.4. The van der Waals surface area contributed by atoms with Gasteiger partial charge in [-0.05, 0) is 35.2 Å². The monoisotopic (exact) mass is 349 g/mol. The minimum atomic E-state index is -0.264. The van der Waals surface area contributed by atoms with Crippen LogP contribution in [-0.4, -0.2) is 15.7 Å². The van der Waals surface area contributed by atoms with Gasteiger partial charge in [0.1, 0.15) is 5.82 Å². The van der Waals surface area contributed by atoms with Gasteiger partial charge in [0.05, 0.1) is 13.0 Å². The highest BCUT2D eigenvalue weighted by atomic mass is 19.1. The summed E-state index contributed by atoms with van der Waals surface area (Å²) in [4.78, 5) is 12.2. The molecule has 0 radical (unpaired) electrons. The molecular formula is C21H20FN3O. The third-order valence-electron chi connectivity index (χ3n) is 3.93. The van der Waals surface area contributed by atoms with Crippen molar-refractivity contribution in [3.63, 3.8) is 0 Å². The highest BCUT2D eigenvalue weighted by molar-refractivity contribution is 5.91. The van der Waals surface area contributed by atoms with Crippen LogP contribution in [0.4, 0.5) is 10.2 Å². The van der Waals surface area contributed by atoms with Crippen LogP contribution in [0.3, 0.4) is 0 Å². The number of hydrogen-bond donors (Lipinski definition) is 1. The Balaban J connectivity index is 1.55. The number of nitrogens with one attached hydrogen (secondary N) is 1. The minimum Gasteiger partial charge on any atom is -0.309 e. The lowest BCUT2D eigenvalue weighted by Crippen LogP contribution is -2.15. The maximum absolute atomic E-state index is 12.9. The van der Waals surface area contributed by atoms with Crippen LogP contribution in [0.2, 0.25) is 0 Å². The van der Waals surface area contributed by atoms with E-state index in [1.165, 1.54) is 17.7 Å². The Labute approximate surface area is 152 Å². The molecule has 132 valence electrons. The second-order valence-corrected chi connectivity index (χ2v) is 6.06. The van der Waals surface area contributed by atoms with E-state index >= 15 is 0 Å². The van der Waals surface area contributed by atoms with E-state index in [1.54, 1.807) is 29.1 Å². The molecule has 1 aromatic heterocycles. The van der Waals surface area contributed by atoms with Crippen LogP contribution >= 0.6 is 0 Å². The summed E-state index contributed by atoms with van der Waals surface area (Å²) in [6.07, 6.45) is 4.74. The van der Waals surface area contributed by atoms with Crippen LogP contribution in [-0.2, 0) is 24.2 Å². The van der Waals surface area contributed by atoms with Gasteiger partial charge >= 0.3 is 0 Å². The summed E-state index contributed by atoms with van der Waals surface area (Å²) in [5.74, 6) is 0.119. The first-order valence-corrected chi connectivity index (χ1v) is 8.39. The molecule has 0 fully saturated rings. The van der Waals surface area contributed by atoms with Crippen molar-refractivity contribution in [3.05, 3.63) is 96.0 Å². The van der Waals surface area contributed by atoms with Gasteiger partial charge in [-0.15, -0.1) is 6.58 Å². The number of anilines is 1. The van der Waals surface area contributed by atoms with Crippen LogP contribution in [0.1, 0.15) is 16.7 Å². The van der Waals surface area contributed by atoms with E-state index in [0.29, 0.717) is 18.8 Å². The first kappa shape index (κ1) is 17.6. The summed E-state index contributed by atoms with van der Waals surface area (Å²) in [6, 6.07) is 15.9. The quantitative estimate of drug-likeness (QED) is 0.656. The smallest absolute Gasteiger partial charge is 0.229 e. The van der Waals surface area contributed by atoms with Crippen molar-refractivity contribution >= 4 is 11.7 Å². The molecule has 0 saturated heterocycles. The molecule has 1 amide bonds. The number of carbonyl (C=O) groups is 1. The molecular weight excluding hydrogens is 329 g/mol. The van der Waals surface area contributed by atoms with E-state index < -0.39 is 0 Å². The molecule has 1 N–H and O–H groups in total. The number of halogens is 1. The van der Waals surface area contributed by atoms with Crippen molar-refractivity contribution in [2.24, 2.45) is 0 Å². The zero-order valence-electron chi connectivity index (χ0n) is 14.4. The Hall–Kier alpha value is -3.21. The third kappa shape index (κ3) is 4.89. The molecule has 0 atom stereocenters. The Morgan fingerprint density at radius 1 is 1.04 bits per heavy atom. The number of carbonyl (C=O) groups excluding carboxylic acids is 1. The van der Waals surface area contributed by atoms with Gasteiger partial charge in [0.2, 0.25) is 5.91 Å². The Morgan fingerprint density at radius 3 is 2.38 bits per heavy atom. The predicted octanol–water partition coefficient (Wildman–Crippen LogP) is 3.98. The van der Waals surface area contributed by atoms with Crippen LogP contribution < -0.4 is 5.32 Å². The normalized spacial score (nSPS) is 10.5. The van der Waals surface area contributed by atoms with E-state index in [-0.39, 0.29) is 11.7 Å². The fraction of sp³-hybridized carbons (Fsp3) is 0.143. The van der Waals surface area contributed by atoms with Crippen molar-refractivity contribution in [1.82, 2.24) is 9.78 Å². The van der Waals surface area contributed by atoms with Gasteiger partial charge in [0.15, 0.2) is 5.82 Å². The fourth-order valence-corrected chi connectivity index (χ4v) is 2.63. The summed E-state index contributed by atoms with van der Waals surface area (Å²) >= 11 is 0. The first-order valence-electron chi connectivity index (χ1n) is 8.39. The molecule has 0 aliphatic carbocycles. The first-order chi connectivity index (χ1) is 12.6.